The van der Waals surface area contributed by atoms with Crippen molar-refractivity contribution in [3.05, 3.63) is 150 Å². The lowest BCUT2D eigenvalue weighted by molar-refractivity contribution is -0.117. The lowest BCUT2D eigenvalue weighted by Crippen LogP contribution is -2.34. The molecule has 0 saturated carbocycles. The van der Waals surface area contributed by atoms with E-state index in [0.717, 1.165) is 16.3 Å². The van der Waals surface area contributed by atoms with Crippen molar-refractivity contribution in [3.63, 3.8) is 0 Å². The van der Waals surface area contributed by atoms with Crippen LogP contribution in [0.5, 0.6) is 11.5 Å². The van der Waals surface area contributed by atoms with E-state index in [1.807, 2.05) is 91.9 Å². The third kappa shape index (κ3) is 8.97. The summed E-state index contributed by atoms with van der Waals surface area (Å²) in [6.45, 7) is 1.98. The van der Waals surface area contributed by atoms with E-state index in [9.17, 15) is 14.4 Å². The number of anilines is 3. The standard InChI is InChI=1S/C40H37N3O5S/c1-4-37(40(46)43(31-18-10-6-11-19-31)32-20-12-7-13-21-32)49-34-22-14-17-30(27-34)41-39(45)35(42-38(44)28-15-8-5-9-16-28)26-29-25-33(47-2)23-24-36(29)48-3/h5-27,37H,4H2,1-3H3,(H,41,45)(H,42,44)/b35-26+. The van der Waals surface area contributed by atoms with Gasteiger partial charge in [0.1, 0.15) is 17.2 Å². The van der Waals surface area contributed by atoms with E-state index in [1.165, 1.54) is 18.9 Å². The van der Waals surface area contributed by atoms with Crippen molar-refractivity contribution in [1.82, 2.24) is 5.32 Å². The Morgan fingerprint density at radius 2 is 1.39 bits per heavy atom. The highest BCUT2D eigenvalue weighted by molar-refractivity contribution is 8.00. The molecule has 0 aliphatic carbocycles. The molecule has 0 fully saturated rings. The van der Waals surface area contributed by atoms with Gasteiger partial charge in [-0.05, 0) is 85.3 Å². The Morgan fingerprint density at radius 1 is 0.755 bits per heavy atom. The van der Waals surface area contributed by atoms with Crippen LogP contribution in [0.15, 0.2) is 144 Å². The van der Waals surface area contributed by atoms with Crippen LogP contribution < -0.4 is 25.0 Å². The summed E-state index contributed by atoms with van der Waals surface area (Å²) in [6.07, 6.45) is 2.13. The first-order valence-corrected chi connectivity index (χ1v) is 16.6. The van der Waals surface area contributed by atoms with Crippen LogP contribution in [0.25, 0.3) is 6.08 Å². The van der Waals surface area contributed by atoms with Gasteiger partial charge in [0.15, 0.2) is 0 Å². The molecule has 1 unspecified atom stereocenters. The molecule has 3 amide bonds. The molecule has 248 valence electrons. The third-order valence-corrected chi connectivity index (χ3v) is 8.88. The summed E-state index contributed by atoms with van der Waals surface area (Å²) in [5.74, 6) is 0.0100. The van der Waals surface area contributed by atoms with E-state index >= 15 is 0 Å². The summed E-state index contributed by atoms with van der Waals surface area (Å²) in [7, 11) is 3.07. The average Bonchev–Trinajstić information content (AvgIpc) is 3.15. The molecular weight excluding hydrogens is 635 g/mol. The Hall–Kier alpha value is -5.80. The minimum Gasteiger partial charge on any atom is -0.497 e. The fourth-order valence-corrected chi connectivity index (χ4v) is 6.12. The number of benzene rings is 5. The fraction of sp³-hybridized carbons (Fsp3) is 0.125. The molecular formula is C40H37N3O5S. The lowest BCUT2D eigenvalue weighted by atomic mass is 10.1. The van der Waals surface area contributed by atoms with Crippen LogP contribution in [0, 0.1) is 0 Å². The predicted molar refractivity (Wildman–Crippen MR) is 196 cm³/mol. The monoisotopic (exact) mass is 671 g/mol. The summed E-state index contributed by atoms with van der Waals surface area (Å²) in [6, 6.07) is 40.3. The average molecular weight is 672 g/mol. The second kappa shape index (κ2) is 16.9. The molecule has 5 rings (SSSR count). The minimum atomic E-state index is -0.543. The van der Waals surface area contributed by atoms with E-state index in [-0.39, 0.29) is 11.6 Å². The molecule has 5 aromatic rings. The van der Waals surface area contributed by atoms with E-state index in [1.54, 1.807) is 66.6 Å². The molecule has 2 N–H and O–H groups in total. The number of carbonyl (C=O) groups is 3. The van der Waals surface area contributed by atoms with Gasteiger partial charge in [-0.25, -0.2) is 0 Å². The number of nitrogens with zero attached hydrogens (tertiary/aromatic N) is 1. The number of rotatable bonds is 13. The van der Waals surface area contributed by atoms with Gasteiger partial charge in [0.25, 0.3) is 11.8 Å². The molecule has 0 aliphatic rings. The Balaban J connectivity index is 1.40. The van der Waals surface area contributed by atoms with Gasteiger partial charge in [0.2, 0.25) is 5.91 Å². The molecule has 8 nitrogen and oxygen atoms in total. The minimum absolute atomic E-state index is 0.00133. The number of carbonyl (C=O) groups excluding carboxylic acids is 3. The first kappa shape index (κ1) is 34.5. The normalized spacial score (nSPS) is 11.6. The van der Waals surface area contributed by atoms with Crippen molar-refractivity contribution in [2.24, 2.45) is 0 Å². The van der Waals surface area contributed by atoms with Crippen LogP contribution in [-0.4, -0.2) is 37.2 Å². The number of para-hydroxylation sites is 2. The zero-order valence-electron chi connectivity index (χ0n) is 27.5. The van der Waals surface area contributed by atoms with Gasteiger partial charge < -0.3 is 20.1 Å². The van der Waals surface area contributed by atoms with Gasteiger partial charge >= 0.3 is 0 Å². The quantitative estimate of drug-likeness (QED) is 0.0965. The number of ether oxygens (including phenoxy) is 2. The zero-order valence-corrected chi connectivity index (χ0v) is 28.3. The summed E-state index contributed by atoms with van der Waals surface area (Å²) >= 11 is 1.43. The largest absolute Gasteiger partial charge is 0.497 e. The van der Waals surface area contributed by atoms with Gasteiger partial charge in [0, 0.05) is 33.1 Å². The number of amides is 3. The maximum absolute atomic E-state index is 14.1. The smallest absolute Gasteiger partial charge is 0.272 e. The highest BCUT2D eigenvalue weighted by atomic mass is 32.2. The van der Waals surface area contributed by atoms with Gasteiger partial charge in [0.05, 0.1) is 19.5 Å². The molecule has 0 aromatic heterocycles. The van der Waals surface area contributed by atoms with Crippen molar-refractivity contribution in [2.75, 3.05) is 24.4 Å². The van der Waals surface area contributed by atoms with E-state index in [4.69, 9.17) is 9.47 Å². The SMILES string of the molecule is CCC(Sc1cccc(NC(=O)/C(=C\c2cc(OC)ccc2OC)NC(=O)c2ccccc2)c1)C(=O)N(c1ccccc1)c1ccccc1. The molecule has 9 heteroatoms. The summed E-state index contributed by atoms with van der Waals surface area (Å²) in [4.78, 5) is 43.6. The summed E-state index contributed by atoms with van der Waals surface area (Å²) in [5.41, 5.74) is 2.99. The van der Waals surface area contributed by atoms with Crippen LogP contribution in [0.2, 0.25) is 0 Å². The Bertz CT molecular complexity index is 1880. The maximum Gasteiger partial charge on any atom is 0.272 e. The van der Waals surface area contributed by atoms with Gasteiger partial charge in [-0.3, -0.25) is 19.3 Å². The van der Waals surface area contributed by atoms with Crippen molar-refractivity contribution in [3.8, 4) is 11.5 Å². The lowest BCUT2D eigenvalue weighted by Gasteiger charge is -2.27. The highest BCUT2D eigenvalue weighted by Crippen LogP contribution is 2.34. The number of methoxy groups -OCH3 is 2. The Kier molecular flexibility index (Phi) is 11.9. The van der Waals surface area contributed by atoms with Crippen molar-refractivity contribution in [1.29, 1.82) is 0 Å². The second-order valence-electron chi connectivity index (χ2n) is 10.8. The van der Waals surface area contributed by atoms with E-state index in [0.29, 0.717) is 34.7 Å². The van der Waals surface area contributed by atoms with Gasteiger partial charge in [-0.15, -0.1) is 11.8 Å². The molecule has 0 heterocycles. The van der Waals surface area contributed by atoms with E-state index in [2.05, 4.69) is 10.6 Å². The van der Waals surface area contributed by atoms with Crippen molar-refractivity contribution < 1.29 is 23.9 Å². The van der Waals surface area contributed by atoms with Gasteiger partial charge in [-0.1, -0.05) is 67.6 Å². The molecule has 0 saturated heterocycles. The first-order valence-electron chi connectivity index (χ1n) is 15.7. The fourth-order valence-electron chi connectivity index (χ4n) is 5.07. The number of hydrogen-bond donors (Lipinski definition) is 2. The second-order valence-corrected chi connectivity index (χ2v) is 12.1. The topological polar surface area (TPSA) is 97.0 Å². The van der Waals surface area contributed by atoms with Gasteiger partial charge in [-0.2, -0.15) is 0 Å². The van der Waals surface area contributed by atoms with Crippen LogP contribution >= 0.6 is 11.8 Å². The Morgan fingerprint density at radius 3 is 1.98 bits per heavy atom. The van der Waals surface area contributed by atoms with E-state index < -0.39 is 17.1 Å². The molecule has 0 radical (unpaired) electrons. The van der Waals surface area contributed by atoms with Crippen LogP contribution in [0.4, 0.5) is 17.1 Å². The molecule has 49 heavy (non-hydrogen) atoms. The number of nitrogens with one attached hydrogen (secondary N) is 2. The molecule has 0 spiro atoms. The highest BCUT2D eigenvalue weighted by Gasteiger charge is 2.27. The van der Waals surface area contributed by atoms with Crippen molar-refractivity contribution >= 4 is 52.6 Å². The number of hydrogen-bond acceptors (Lipinski definition) is 6. The third-order valence-electron chi connectivity index (χ3n) is 7.53. The van der Waals surface area contributed by atoms with Crippen molar-refractivity contribution in [2.45, 2.75) is 23.5 Å². The number of thioether (sulfide) groups is 1. The molecule has 1 atom stereocenters. The van der Waals surface area contributed by atoms with Crippen LogP contribution in [-0.2, 0) is 9.59 Å². The first-order chi connectivity index (χ1) is 23.9. The summed E-state index contributed by atoms with van der Waals surface area (Å²) < 4.78 is 10.9. The summed E-state index contributed by atoms with van der Waals surface area (Å²) in [5, 5.41) is 5.27. The van der Waals surface area contributed by atoms with Crippen LogP contribution in [0.3, 0.4) is 0 Å². The molecule has 0 bridgehead atoms. The van der Waals surface area contributed by atoms with Crippen LogP contribution in [0.1, 0.15) is 29.3 Å². The molecule has 5 aromatic carbocycles. The Labute approximate surface area is 290 Å². The zero-order chi connectivity index (χ0) is 34.6. The predicted octanol–water partition coefficient (Wildman–Crippen LogP) is 8.35. The molecule has 0 aliphatic heterocycles. The maximum atomic E-state index is 14.1.